The average Bonchev–Trinajstić information content (AvgIpc) is 2.33. The first-order valence-electron chi connectivity index (χ1n) is 5.41. The Morgan fingerprint density at radius 1 is 1.40 bits per heavy atom. The third-order valence-electron chi connectivity index (χ3n) is 2.25. The van der Waals surface area contributed by atoms with Gasteiger partial charge in [-0.25, -0.2) is 17.9 Å². The molecule has 0 unspecified atom stereocenters. The van der Waals surface area contributed by atoms with E-state index >= 15 is 0 Å². The van der Waals surface area contributed by atoms with Crippen molar-refractivity contribution >= 4 is 27.4 Å². The lowest BCUT2D eigenvalue weighted by molar-refractivity contribution is -0.384. The Kier molecular flexibility index (Phi) is 5.00. The Bertz CT molecular complexity index is 628. The number of nitrogens with zero attached hydrogens (tertiary/aromatic N) is 1. The lowest BCUT2D eigenvalue weighted by atomic mass is 10.1. The SMILES string of the molecule is CS(=O)(=O)NCCNc1cc([N+](=O)[O-])ccc1C(=O)O. The zero-order valence-electron chi connectivity index (χ0n) is 10.5. The van der Waals surface area contributed by atoms with Crippen LogP contribution in [0.3, 0.4) is 0 Å². The molecule has 0 saturated carbocycles. The Morgan fingerprint density at radius 2 is 2.05 bits per heavy atom. The van der Waals surface area contributed by atoms with E-state index in [2.05, 4.69) is 10.0 Å². The van der Waals surface area contributed by atoms with Crippen LogP contribution in [0.25, 0.3) is 0 Å². The van der Waals surface area contributed by atoms with E-state index in [0.717, 1.165) is 24.5 Å². The van der Waals surface area contributed by atoms with E-state index in [9.17, 15) is 23.3 Å². The quantitative estimate of drug-likeness (QED) is 0.373. The molecule has 0 heterocycles. The van der Waals surface area contributed by atoms with Crippen LogP contribution in [0.4, 0.5) is 11.4 Å². The molecule has 0 aromatic heterocycles. The summed E-state index contributed by atoms with van der Waals surface area (Å²) in [6.45, 7) is 0.120. The third kappa shape index (κ3) is 4.82. The molecule has 1 aromatic rings. The standard InChI is InChI=1S/C10H13N3O6S/c1-20(18,19)12-5-4-11-9-6-7(13(16)17)2-3-8(9)10(14)15/h2-3,6,11-12H,4-5H2,1H3,(H,14,15). The highest BCUT2D eigenvalue weighted by Gasteiger charge is 2.15. The van der Waals surface area contributed by atoms with Gasteiger partial charge in [0.05, 0.1) is 22.4 Å². The highest BCUT2D eigenvalue weighted by Crippen LogP contribution is 2.22. The third-order valence-corrected chi connectivity index (χ3v) is 2.98. The van der Waals surface area contributed by atoms with Gasteiger partial charge in [-0.2, -0.15) is 0 Å². The normalized spacial score (nSPS) is 11.1. The van der Waals surface area contributed by atoms with E-state index < -0.39 is 20.9 Å². The summed E-state index contributed by atoms with van der Waals surface area (Å²) in [5.74, 6) is -1.24. The van der Waals surface area contributed by atoms with Crippen molar-refractivity contribution in [2.75, 3.05) is 24.7 Å². The first-order valence-corrected chi connectivity index (χ1v) is 7.30. The van der Waals surface area contributed by atoms with Crippen molar-refractivity contribution in [1.29, 1.82) is 0 Å². The lowest BCUT2D eigenvalue weighted by Gasteiger charge is -2.09. The Labute approximate surface area is 114 Å². The van der Waals surface area contributed by atoms with Gasteiger partial charge in [0.25, 0.3) is 5.69 Å². The molecule has 110 valence electrons. The number of rotatable bonds is 7. The monoisotopic (exact) mass is 303 g/mol. The van der Waals surface area contributed by atoms with Crippen molar-refractivity contribution in [3.8, 4) is 0 Å². The van der Waals surface area contributed by atoms with Gasteiger partial charge >= 0.3 is 5.97 Å². The van der Waals surface area contributed by atoms with E-state index in [4.69, 9.17) is 5.11 Å². The van der Waals surface area contributed by atoms with Gasteiger partial charge < -0.3 is 10.4 Å². The van der Waals surface area contributed by atoms with E-state index in [1.165, 1.54) is 0 Å². The highest BCUT2D eigenvalue weighted by molar-refractivity contribution is 7.88. The summed E-state index contributed by atoms with van der Waals surface area (Å²) in [4.78, 5) is 21.0. The maximum Gasteiger partial charge on any atom is 0.337 e. The molecule has 0 amide bonds. The predicted molar refractivity (Wildman–Crippen MR) is 71.4 cm³/mol. The number of nitro benzene ring substituents is 1. The van der Waals surface area contributed by atoms with Crippen molar-refractivity contribution in [2.24, 2.45) is 0 Å². The molecule has 0 saturated heterocycles. The number of nitrogens with one attached hydrogen (secondary N) is 2. The second-order valence-corrected chi connectivity index (χ2v) is 5.72. The number of hydrogen-bond acceptors (Lipinski definition) is 6. The number of sulfonamides is 1. The van der Waals surface area contributed by atoms with Gasteiger partial charge in [0, 0.05) is 25.2 Å². The number of hydrogen-bond donors (Lipinski definition) is 3. The minimum Gasteiger partial charge on any atom is -0.478 e. The fourth-order valence-electron chi connectivity index (χ4n) is 1.41. The van der Waals surface area contributed by atoms with Gasteiger partial charge in [-0.1, -0.05) is 0 Å². The molecule has 3 N–H and O–H groups in total. The largest absolute Gasteiger partial charge is 0.478 e. The molecule has 0 aliphatic heterocycles. The van der Waals surface area contributed by atoms with Crippen LogP contribution in [0.1, 0.15) is 10.4 Å². The van der Waals surface area contributed by atoms with Crippen LogP contribution in [-0.4, -0.2) is 43.8 Å². The van der Waals surface area contributed by atoms with Gasteiger partial charge in [0.2, 0.25) is 10.0 Å². The maximum absolute atomic E-state index is 11.0. The number of non-ortho nitro benzene ring substituents is 1. The molecule has 9 nitrogen and oxygen atoms in total. The molecular weight excluding hydrogens is 290 g/mol. The number of carbonyl (C=O) groups is 1. The number of carboxylic acids is 1. The van der Waals surface area contributed by atoms with Crippen molar-refractivity contribution in [3.05, 3.63) is 33.9 Å². The van der Waals surface area contributed by atoms with Crippen LogP contribution in [0.2, 0.25) is 0 Å². The van der Waals surface area contributed by atoms with E-state index in [0.29, 0.717) is 0 Å². The number of benzene rings is 1. The molecule has 0 aliphatic rings. The summed E-state index contributed by atoms with van der Waals surface area (Å²) in [5, 5.41) is 22.2. The van der Waals surface area contributed by atoms with Gasteiger partial charge in [-0.15, -0.1) is 0 Å². The minimum atomic E-state index is -3.34. The summed E-state index contributed by atoms with van der Waals surface area (Å²) >= 11 is 0. The molecule has 20 heavy (non-hydrogen) atoms. The van der Waals surface area contributed by atoms with Gasteiger partial charge in [-0.3, -0.25) is 10.1 Å². The molecule has 10 heteroatoms. The molecule has 0 spiro atoms. The summed E-state index contributed by atoms with van der Waals surface area (Å²) in [7, 11) is -3.34. The first-order chi connectivity index (χ1) is 9.20. The van der Waals surface area contributed by atoms with Crippen molar-refractivity contribution < 1.29 is 23.2 Å². The van der Waals surface area contributed by atoms with E-state index in [1.54, 1.807) is 0 Å². The van der Waals surface area contributed by atoms with Crippen LogP contribution in [-0.2, 0) is 10.0 Å². The van der Waals surface area contributed by atoms with Crippen molar-refractivity contribution in [3.63, 3.8) is 0 Å². The van der Waals surface area contributed by atoms with Crippen LogP contribution in [0, 0.1) is 10.1 Å². The second-order valence-electron chi connectivity index (χ2n) is 3.89. The number of carboxylic acid groups (broad SMARTS) is 1. The Balaban J connectivity index is 2.83. The first kappa shape index (κ1) is 15.9. The molecule has 0 radical (unpaired) electrons. The Morgan fingerprint density at radius 3 is 2.55 bits per heavy atom. The molecule has 1 aromatic carbocycles. The number of nitro groups is 1. The summed E-state index contributed by atoms with van der Waals surface area (Å²) in [6.07, 6.45) is 0.989. The maximum atomic E-state index is 11.0. The van der Waals surface area contributed by atoms with Crippen LogP contribution in [0.15, 0.2) is 18.2 Å². The lowest BCUT2D eigenvalue weighted by Crippen LogP contribution is -2.28. The predicted octanol–water partition coefficient (Wildman–Crippen LogP) is 0.254. The zero-order chi connectivity index (χ0) is 15.3. The van der Waals surface area contributed by atoms with Gasteiger partial charge in [0.1, 0.15) is 0 Å². The van der Waals surface area contributed by atoms with Gasteiger partial charge in [-0.05, 0) is 6.07 Å². The summed E-state index contributed by atoms with van der Waals surface area (Å²) in [5.41, 5.74) is -0.328. The van der Waals surface area contributed by atoms with Crippen LogP contribution < -0.4 is 10.0 Å². The molecular formula is C10H13N3O6S. The number of anilines is 1. The van der Waals surface area contributed by atoms with Crippen molar-refractivity contribution in [2.45, 2.75) is 0 Å². The zero-order valence-corrected chi connectivity index (χ0v) is 11.3. The molecule has 0 fully saturated rings. The van der Waals surface area contributed by atoms with E-state index in [1.807, 2.05) is 0 Å². The Hall–Kier alpha value is -2.20. The van der Waals surface area contributed by atoms with Crippen molar-refractivity contribution in [1.82, 2.24) is 4.72 Å². The molecule has 0 atom stereocenters. The summed E-state index contributed by atoms with van der Waals surface area (Å²) in [6, 6.07) is 3.29. The fourth-order valence-corrected chi connectivity index (χ4v) is 1.88. The number of aromatic carboxylic acids is 1. The topological polar surface area (TPSA) is 139 Å². The molecule has 0 bridgehead atoms. The minimum absolute atomic E-state index is 0.0284. The van der Waals surface area contributed by atoms with E-state index in [-0.39, 0.29) is 30.0 Å². The van der Waals surface area contributed by atoms with Gasteiger partial charge in [0.15, 0.2) is 0 Å². The average molecular weight is 303 g/mol. The summed E-state index contributed by atoms with van der Waals surface area (Å²) < 4.78 is 23.9. The smallest absolute Gasteiger partial charge is 0.337 e. The fraction of sp³-hybridized carbons (Fsp3) is 0.300. The molecule has 1 rings (SSSR count). The van der Waals surface area contributed by atoms with Crippen LogP contribution >= 0.6 is 0 Å². The van der Waals surface area contributed by atoms with Crippen LogP contribution in [0.5, 0.6) is 0 Å². The second kappa shape index (κ2) is 6.30. The molecule has 0 aliphatic carbocycles. The highest BCUT2D eigenvalue weighted by atomic mass is 32.2.